The number of benzene rings is 1. The number of hydrogen-bond donors (Lipinski definition) is 2. The molecule has 1 aliphatic heterocycles. The summed E-state index contributed by atoms with van der Waals surface area (Å²) in [4.78, 5) is 21.1. The van der Waals surface area contributed by atoms with Crippen LogP contribution < -0.4 is 5.48 Å². The van der Waals surface area contributed by atoms with Gasteiger partial charge in [0.05, 0.1) is 0 Å². The third-order valence-electron chi connectivity index (χ3n) is 7.05. The van der Waals surface area contributed by atoms with Crippen molar-refractivity contribution in [2.75, 3.05) is 19.7 Å². The number of hydroxylamine groups is 1. The molecule has 0 saturated carbocycles. The molecule has 1 aliphatic rings. The van der Waals surface area contributed by atoms with E-state index in [-0.39, 0.29) is 24.5 Å². The van der Waals surface area contributed by atoms with Gasteiger partial charge in [-0.1, -0.05) is 0 Å². The molecule has 2 atom stereocenters. The average Bonchev–Trinajstić information content (AvgIpc) is 3.10. The Morgan fingerprint density at radius 3 is 2.16 bits per heavy atom. The fourth-order valence-electron chi connectivity index (χ4n) is 5.14. The molecular weight excluding hydrogens is 507 g/mol. The number of unbranched alkanes of at least 4 members (excludes halogenated alkanes) is 3. The molecule has 1 aromatic carbocycles. The van der Waals surface area contributed by atoms with Gasteiger partial charge in [0.25, 0.3) is 0 Å². The number of amides is 1. The van der Waals surface area contributed by atoms with Crippen LogP contribution in [-0.2, 0) is 16.2 Å². The van der Waals surface area contributed by atoms with Gasteiger partial charge in [-0.3, -0.25) is 0 Å². The van der Waals surface area contributed by atoms with E-state index in [1.54, 1.807) is 0 Å². The number of carbonyl (C=O) groups excluding carboxylic acids is 1. The molecule has 1 saturated heterocycles. The predicted octanol–water partition coefficient (Wildman–Crippen LogP) is 5.38. The molecule has 0 spiro atoms. The van der Waals surface area contributed by atoms with E-state index in [9.17, 15) is 9.90 Å². The van der Waals surface area contributed by atoms with Crippen molar-refractivity contribution in [1.82, 2.24) is 10.4 Å². The molecule has 0 bridgehead atoms. The second-order valence-corrected chi connectivity index (χ2v) is 23.6. The van der Waals surface area contributed by atoms with Crippen molar-refractivity contribution < 1.29 is 14.7 Å². The molecule has 1 heterocycles. The van der Waals surface area contributed by atoms with E-state index < -0.39 is 18.4 Å². The van der Waals surface area contributed by atoms with Gasteiger partial charge in [-0.25, -0.2) is 0 Å². The number of aliphatic hydroxyl groups is 1. The van der Waals surface area contributed by atoms with Crippen LogP contribution in [0.3, 0.4) is 0 Å². The number of hydrogen-bond acceptors (Lipinski definition) is 4. The first-order valence-electron chi connectivity index (χ1n) is 12.9. The monoisotopic (exact) mass is 554 g/mol. The van der Waals surface area contributed by atoms with Crippen molar-refractivity contribution in [1.29, 1.82) is 0 Å². The SMILES string of the molecule is CCC[CH2][Sn]([CH2]CCC)([CH2]CCC)[CH2]C1C(=O)N(CCO)CC1NOCc1ccccc1. The van der Waals surface area contributed by atoms with Gasteiger partial charge < -0.3 is 0 Å². The van der Waals surface area contributed by atoms with Gasteiger partial charge in [-0.2, -0.15) is 0 Å². The fourth-order valence-corrected chi connectivity index (χ4v) is 22.5. The minimum atomic E-state index is -2.48. The zero-order chi connectivity index (χ0) is 23.2. The Bertz CT molecular complexity index is 621. The maximum atomic E-state index is 13.4. The van der Waals surface area contributed by atoms with Crippen molar-refractivity contribution in [3.63, 3.8) is 0 Å². The number of carbonyl (C=O) groups is 1. The summed E-state index contributed by atoms with van der Waals surface area (Å²) in [5.74, 6) is 0.226. The van der Waals surface area contributed by atoms with Crippen LogP contribution in [0.2, 0.25) is 17.7 Å². The first-order valence-corrected chi connectivity index (χ1v) is 21.0. The van der Waals surface area contributed by atoms with Crippen LogP contribution in [-0.4, -0.2) is 60.0 Å². The number of rotatable bonds is 17. The van der Waals surface area contributed by atoms with E-state index >= 15 is 0 Å². The zero-order valence-electron chi connectivity index (χ0n) is 20.7. The van der Waals surface area contributed by atoms with Crippen LogP contribution in [0.5, 0.6) is 0 Å². The normalized spacial score (nSPS) is 19.1. The molecule has 2 N–H and O–H groups in total. The van der Waals surface area contributed by atoms with E-state index in [0.717, 1.165) is 10.0 Å². The van der Waals surface area contributed by atoms with Gasteiger partial charge in [0.1, 0.15) is 0 Å². The summed E-state index contributed by atoms with van der Waals surface area (Å²) >= 11 is -2.48. The van der Waals surface area contributed by atoms with Crippen LogP contribution in [0.1, 0.15) is 64.9 Å². The predicted molar refractivity (Wildman–Crippen MR) is 135 cm³/mol. The fraction of sp³-hybridized carbons (Fsp3) is 0.731. The summed E-state index contributed by atoms with van der Waals surface area (Å²) in [6, 6.07) is 10.2. The molecule has 0 aromatic heterocycles. The van der Waals surface area contributed by atoms with Gasteiger partial charge in [-0.15, -0.1) is 0 Å². The summed E-state index contributed by atoms with van der Waals surface area (Å²) < 4.78 is 5.35. The van der Waals surface area contributed by atoms with Crippen LogP contribution >= 0.6 is 0 Å². The van der Waals surface area contributed by atoms with E-state index in [1.807, 2.05) is 23.1 Å². The number of likely N-dealkylation sites (tertiary alicyclic amines) is 1. The summed E-state index contributed by atoms with van der Waals surface area (Å²) in [6.07, 6.45) is 7.67. The number of nitrogens with one attached hydrogen (secondary N) is 1. The Balaban J connectivity index is 2.15. The van der Waals surface area contributed by atoms with Crippen LogP contribution in [0.4, 0.5) is 0 Å². The number of aliphatic hydroxyl groups excluding tert-OH is 1. The van der Waals surface area contributed by atoms with E-state index in [1.165, 1.54) is 51.8 Å². The quantitative estimate of drug-likeness (QED) is 0.201. The molecule has 1 amide bonds. The van der Waals surface area contributed by atoms with Gasteiger partial charge >= 0.3 is 201 Å². The van der Waals surface area contributed by atoms with Crippen molar-refractivity contribution in [2.24, 2.45) is 5.92 Å². The Hall–Kier alpha value is -0.631. The Morgan fingerprint density at radius 1 is 1.03 bits per heavy atom. The molecule has 1 fully saturated rings. The van der Waals surface area contributed by atoms with Gasteiger partial charge in [0.2, 0.25) is 0 Å². The third-order valence-corrected chi connectivity index (χ3v) is 22.9. The average molecular weight is 553 g/mol. The van der Waals surface area contributed by atoms with Crippen molar-refractivity contribution in [2.45, 2.75) is 89.7 Å². The topological polar surface area (TPSA) is 61.8 Å². The summed E-state index contributed by atoms with van der Waals surface area (Å²) in [6.45, 7) is 8.45. The molecule has 0 radical (unpaired) electrons. The van der Waals surface area contributed by atoms with E-state index in [0.29, 0.717) is 19.7 Å². The summed E-state index contributed by atoms with van der Waals surface area (Å²) in [5, 5.41) is 9.49. The first-order chi connectivity index (χ1) is 15.6. The molecule has 2 rings (SSSR count). The second-order valence-electron chi connectivity index (χ2n) is 9.63. The number of β-amino-alcohol motifs (C(OH)–C–C–N with tert-alkyl or cyclic N) is 1. The molecular formula is C26H46N2O3Sn. The van der Waals surface area contributed by atoms with Crippen molar-refractivity contribution >= 4 is 24.3 Å². The Kier molecular flexibility index (Phi) is 13.2. The maximum absolute atomic E-state index is 13.4. The molecule has 5 nitrogen and oxygen atoms in total. The summed E-state index contributed by atoms with van der Waals surface area (Å²) in [5.41, 5.74) is 4.40. The van der Waals surface area contributed by atoms with Crippen molar-refractivity contribution in [3.8, 4) is 0 Å². The van der Waals surface area contributed by atoms with Crippen LogP contribution in [0.25, 0.3) is 0 Å². The first kappa shape index (κ1) is 27.6. The van der Waals surface area contributed by atoms with Crippen molar-refractivity contribution in [3.05, 3.63) is 35.9 Å². The second kappa shape index (κ2) is 15.3. The standard InChI is InChI=1S/C14H19N2O3.3C4H9.Sn/c1-11-13(9-16(7-8-17)14(11)18)15-19-10-12-5-3-2-4-6-12;3*1-3-4-2;/h2-6,11,13,15,17H,1,7-10H2;3*1,3-4H2,2H3;. The minimum absolute atomic E-state index is 0.00121. The van der Waals surface area contributed by atoms with E-state index in [4.69, 9.17) is 4.84 Å². The number of nitrogens with zero attached hydrogens (tertiary/aromatic N) is 1. The molecule has 1 aromatic rings. The zero-order valence-corrected chi connectivity index (χ0v) is 23.5. The third kappa shape index (κ3) is 8.62. The van der Waals surface area contributed by atoms with Gasteiger partial charge in [0, 0.05) is 0 Å². The molecule has 32 heavy (non-hydrogen) atoms. The molecule has 0 aliphatic carbocycles. The Morgan fingerprint density at radius 2 is 1.62 bits per heavy atom. The van der Waals surface area contributed by atoms with Crippen LogP contribution in [0.15, 0.2) is 30.3 Å². The van der Waals surface area contributed by atoms with Gasteiger partial charge in [0.15, 0.2) is 0 Å². The Labute approximate surface area is 200 Å². The van der Waals surface area contributed by atoms with Crippen LogP contribution in [0, 0.1) is 5.92 Å². The van der Waals surface area contributed by atoms with Gasteiger partial charge in [-0.05, 0) is 0 Å². The van der Waals surface area contributed by atoms with E-state index in [2.05, 4.69) is 38.4 Å². The molecule has 6 heteroatoms. The molecule has 182 valence electrons. The summed E-state index contributed by atoms with van der Waals surface area (Å²) in [7, 11) is 0. The molecule has 2 unspecified atom stereocenters.